The van der Waals surface area contributed by atoms with Gasteiger partial charge in [0.05, 0.1) is 41.8 Å². The lowest BCUT2D eigenvalue weighted by Crippen LogP contribution is -1.98. The molecule has 7 heteroatoms. The van der Waals surface area contributed by atoms with Crippen molar-refractivity contribution in [3.8, 4) is 17.0 Å². The molecule has 0 spiro atoms. The van der Waals surface area contributed by atoms with Crippen LogP contribution in [0.2, 0.25) is 0 Å². The van der Waals surface area contributed by atoms with E-state index in [1.165, 1.54) is 0 Å². The van der Waals surface area contributed by atoms with E-state index in [4.69, 9.17) is 4.74 Å². The van der Waals surface area contributed by atoms with E-state index in [2.05, 4.69) is 25.3 Å². The second kappa shape index (κ2) is 4.55. The van der Waals surface area contributed by atoms with Crippen LogP contribution in [-0.2, 0) is 0 Å². The van der Waals surface area contributed by atoms with Gasteiger partial charge in [0.2, 0.25) is 0 Å². The summed E-state index contributed by atoms with van der Waals surface area (Å²) in [4.78, 5) is 8.52. The van der Waals surface area contributed by atoms with Crippen molar-refractivity contribution in [3.63, 3.8) is 0 Å². The standard InChI is InChI=1S/C14H12N6O/c1-2-21-9-5-10(12-7-15-3-4-16-12)13-11-6-17-18-14(11)19-20(13)8-9/h3-8H,2H2,1H3,(H,18,19). The Morgan fingerprint density at radius 2 is 2.24 bits per heavy atom. The highest BCUT2D eigenvalue weighted by atomic mass is 16.5. The first-order chi connectivity index (χ1) is 10.4. The van der Waals surface area contributed by atoms with Crippen LogP contribution in [-0.4, -0.2) is 36.4 Å². The van der Waals surface area contributed by atoms with E-state index in [-0.39, 0.29) is 0 Å². The van der Waals surface area contributed by atoms with E-state index in [1.807, 2.05) is 19.2 Å². The van der Waals surface area contributed by atoms with Gasteiger partial charge in [0.15, 0.2) is 5.65 Å². The minimum absolute atomic E-state index is 0.589. The largest absolute Gasteiger partial charge is 0.492 e. The topological polar surface area (TPSA) is 81.0 Å². The van der Waals surface area contributed by atoms with Crippen LogP contribution in [0.1, 0.15) is 6.92 Å². The molecule has 4 aromatic rings. The Kier molecular flexibility index (Phi) is 2.56. The predicted molar refractivity (Wildman–Crippen MR) is 77.0 cm³/mol. The van der Waals surface area contributed by atoms with E-state index >= 15 is 0 Å². The molecule has 0 fully saturated rings. The summed E-state index contributed by atoms with van der Waals surface area (Å²) in [6.07, 6.45) is 8.66. The smallest absolute Gasteiger partial charge is 0.178 e. The van der Waals surface area contributed by atoms with Crippen molar-refractivity contribution >= 4 is 16.6 Å². The fourth-order valence-electron chi connectivity index (χ4n) is 2.42. The molecule has 4 heterocycles. The average Bonchev–Trinajstić information content (AvgIpc) is 3.08. The lowest BCUT2D eigenvalue weighted by molar-refractivity contribution is 0.338. The van der Waals surface area contributed by atoms with Crippen molar-refractivity contribution in [2.24, 2.45) is 0 Å². The highest BCUT2D eigenvalue weighted by molar-refractivity contribution is 6.00. The number of aromatic nitrogens is 6. The molecule has 21 heavy (non-hydrogen) atoms. The molecular formula is C14H12N6O. The minimum Gasteiger partial charge on any atom is -0.492 e. The number of pyridine rings is 1. The van der Waals surface area contributed by atoms with Crippen LogP contribution < -0.4 is 4.74 Å². The van der Waals surface area contributed by atoms with Crippen LogP contribution in [0, 0.1) is 0 Å². The second-order valence-electron chi connectivity index (χ2n) is 4.54. The summed E-state index contributed by atoms with van der Waals surface area (Å²) >= 11 is 0. The monoisotopic (exact) mass is 280 g/mol. The number of fused-ring (bicyclic) bond motifs is 3. The minimum atomic E-state index is 0.589. The summed E-state index contributed by atoms with van der Waals surface area (Å²) in [7, 11) is 0. The molecule has 0 saturated carbocycles. The number of hydrogen-bond donors (Lipinski definition) is 1. The summed E-state index contributed by atoms with van der Waals surface area (Å²) in [6.45, 7) is 2.54. The Balaban J connectivity index is 2.09. The third-order valence-corrected chi connectivity index (χ3v) is 3.25. The predicted octanol–water partition coefficient (Wildman–Crippen LogP) is 2.07. The van der Waals surface area contributed by atoms with Crippen LogP contribution in [0.15, 0.2) is 37.1 Å². The first kappa shape index (κ1) is 11.8. The van der Waals surface area contributed by atoms with E-state index in [1.54, 1.807) is 29.3 Å². The van der Waals surface area contributed by atoms with Crippen molar-refractivity contribution in [1.82, 2.24) is 29.8 Å². The molecule has 0 aliphatic carbocycles. The van der Waals surface area contributed by atoms with E-state index < -0.39 is 0 Å². The average molecular weight is 280 g/mol. The van der Waals surface area contributed by atoms with E-state index in [0.29, 0.717) is 6.61 Å². The molecule has 0 radical (unpaired) electrons. The molecule has 0 aliphatic rings. The van der Waals surface area contributed by atoms with Gasteiger partial charge >= 0.3 is 0 Å². The van der Waals surface area contributed by atoms with Crippen LogP contribution in [0.25, 0.3) is 27.8 Å². The lowest BCUT2D eigenvalue weighted by atomic mass is 10.1. The van der Waals surface area contributed by atoms with Gasteiger partial charge in [-0.3, -0.25) is 15.1 Å². The molecule has 0 unspecified atom stereocenters. The lowest BCUT2D eigenvalue weighted by Gasteiger charge is -2.08. The zero-order valence-electron chi connectivity index (χ0n) is 11.3. The third-order valence-electron chi connectivity index (χ3n) is 3.25. The fraction of sp³-hybridized carbons (Fsp3) is 0.143. The molecule has 1 N–H and O–H groups in total. The molecule has 104 valence electrons. The Hall–Kier alpha value is -2.96. The Bertz CT molecular complexity index is 911. The molecule has 0 bridgehead atoms. The first-order valence-corrected chi connectivity index (χ1v) is 6.61. The van der Waals surface area contributed by atoms with Crippen LogP contribution >= 0.6 is 0 Å². The molecule has 0 atom stereocenters. The molecule has 0 saturated heterocycles. The highest BCUT2D eigenvalue weighted by Crippen LogP contribution is 2.31. The first-order valence-electron chi connectivity index (χ1n) is 6.61. The number of aromatic amines is 1. The molecular weight excluding hydrogens is 268 g/mol. The maximum absolute atomic E-state index is 5.61. The van der Waals surface area contributed by atoms with Gasteiger partial charge in [-0.2, -0.15) is 5.10 Å². The van der Waals surface area contributed by atoms with Crippen LogP contribution in [0.3, 0.4) is 0 Å². The fourth-order valence-corrected chi connectivity index (χ4v) is 2.42. The maximum atomic E-state index is 5.61. The molecule has 0 amide bonds. The molecule has 7 nitrogen and oxygen atoms in total. The van der Waals surface area contributed by atoms with Crippen LogP contribution in [0.5, 0.6) is 5.75 Å². The van der Waals surface area contributed by atoms with Gasteiger partial charge in [0, 0.05) is 18.0 Å². The van der Waals surface area contributed by atoms with Crippen molar-refractivity contribution in [2.45, 2.75) is 6.92 Å². The van der Waals surface area contributed by atoms with Crippen molar-refractivity contribution in [3.05, 3.63) is 37.1 Å². The summed E-state index contributed by atoms with van der Waals surface area (Å²) < 4.78 is 7.40. The number of hydrogen-bond acceptors (Lipinski definition) is 5. The van der Waals surface area contributed by atoms with Crippen molar-refractivity contribution < 1.29 is 4.74 Å². The van der Waals surface area contributed by atoms with Gasteiger partial charge in [0.1, 0.15) is 5.75 Å². The second-order valence-corrected chi connectivity index (χ2v) is 4.54. The third kappa shape index (κ3) is 1.82. The number of rotatable bonds is 3. The summed E-state index contributed by atoms with van der Waals surface area (Å²) in [5, 5.41) is 12.3. The van der Waals surface area contributed by atoms with Gasteiger partial charge in [-0.15, -0.1) is 5.10 Å². The van der Waals surface area contributed by atoms with Gasteiger partial charge in [-0.05, 0) is 13.0 Å². The summed E-state index contributed by atoms with van der Waals surface area (Å²) in [5.41, 5.74) is 3.35. The molecule has 4 aromatic heterocycles. The summed E-state index contributed by atoms with van der Waals surface area (Å²) in [5.74, 6) is 0.740. The normalized spacial score (nSPS) is 11.3. The van der Waals surface area contributed by atoms with Gasteiger partial charge < -0.3 is 4.74 Å². The van der Waals surface area contributed by atoms with Crippen LogP contribution in [0.4, 0.5) is 0 Å². The Morgan fingerprint density at radius 3 is 3.05 bits per heavy atom. The zero-order chi connectivity index (χ0) is 14.2. The van der Waals surface area contributed by atoms with Gasteiger partial charge in [-0.1, -0.05) is 0 Å². The van der Waals surface area contributed by atoms with E-state index in [0.717, 1.165) is 33.6 Å². The molecule has 0 aliphatic heterocycles. The van der Waals surface area contributed by atoms with Gasteiger partial charge in [0.25, 0.3) is 0 Å². The molecule has 0 aromatic carbocycles. The number of ether oxygens (including phenoxy) is 1. The number of H-pyrrole nitrogens is 1. The zero-order valence-corrected chi connectivity index (χ0v) is 11.3. The Labute approximate surface area is 119 Å². The van der Waals surface area contributed by atoms with Gasteiger partial charge in [-0.25, -0.2) is 4.52 Å². The maximum Gasteiger partial charge on any atom is 0.178 e. The summed E-state index contributed by atoms with van der Waals surface area (Å²) in [6, 6.07) is 1.96. The SMILES string of the molecule is CCOc1cc(-c2cnccn2)c2c3cn[nH]c3nn2c1. The van der Waals surface area contributed by atoms with E-state index in [9.17, 15) is 0 Å². The quantitative estimate of drug-likeness (QED) is 0.621. The highest BCUT2D eigenvalue weighted by Gasteiger charge is 2.15. The number of nitrogens with one attached hydrogen (secondary N) is 1. The van der Waals surface area contributed by atoms with Crippen molar-refractivity contribution in [2.75, 3.05) is 6.61 Å². The molecule has 4 rings (SSSR count). The Morgan fingerprint density at radius 1 is 1.29 bits per heavy atom. The number of nitrogens with zero attached hydrogens (tertiary/aromatic N) is 5. The van der Waals surface area contributed by atoms with Crippen molar-refractivity contribution in [1.29, 1.82) is 0 Å².